The molecule has 2 rings (SSSR count). The molecule has 0 saturated heterocycles. The van der Waals surface area contributed by atoms with Gasteiger partial charge < -0.3 is 15.1 Å². The van der Waals surface area contributed by atoms with Gasteiger partial charge in [0.15, 0.2) is 0 Å². The number of nitrogens with zero attached hydrogens (tertiary/aromatic N) is 2. The van der Waals surface area contributed by atoms with E-state index in [2.05, 4.69) is 15.7 Å². The normalized spacial score (nSPS) is 10.3. The van der Waals surface area contributed by atoms with Crippen molar-refractivity contribution in [3.8, 4) is 0 Å². The van der Waals surface area contributed by atoms with E-state index in [0.717, 1.165) is 17.0 Å². The molecule has 1 amide bonds. The average Bonchev–Trinajstić information content (AvgIpc) is 2.96. The fourth-order valence-corrected chi connectivity index (χ4v) is 1.54. The molecule has 2 heterocycles. The number of nitrogens with one attached hydrogen (secondary N) is 2. The molecule has 0 saturated carbocycles. The van der Waals surface area contributed by atoms with Crippen molar-refractivity contribution < 1.29 is 9.21 Å². The van der Waals surface area contributed by atoms with Gasteiger partial charge in [0.25, 0.3) is 0 Å². The highest BCUT2D eigenvalue weighted by Gasteiger charge is 2.04. The molecule has 0 spiro atoms. The molecule has 0 aliphatic rings. The summed E-state index contributed by atoms with van der Waals surface area (Å²) in [5.41, 5.74) is 1.97. The molecule has 0 radical (unpaired) electrons. The summed E-state index contributed by atoms with van der Waals surface area (Å²) in [5, 5.41) is 9.83. The Labute approximate surface area is 105 Å². The number of hydrogen-bond donors (Lipinski definition) is 2. The number of carbonyl (C=O) groups is 1. The van der Waals surface area contributed by atoms with Crippen molar-refractivity contribution in [1.82, 2.24) is 15.1 Å². The number of likely N-dealkylation sites (N-methyl/N-ethyl adjacent to an activating group) is 1. The first-order valence-corrected chi connectivity index (χ1v) is 5.69. The molecule has 0 aliphatic heterocycles. The minimum absolute atomic E-state index is 0.0773. The molecular formula is C12H16N4O2. The van der Waals surface area contributed by atoms with E-state index < -0.39 is 0 Å². The second-order valence-corrected chi connectivity index (χ2v) is 3.98. The summed E-state index contributed by atoms with van der Waals surface area (Å²) >= 11 is 0. The van der Waals surface area contributed by atoms with Crippen LogP contribution in [0.25, 0.3) is 0 Å². The van der Waals surface area contributed by atoms with Crippen molar-refractivity contribution in [1.29, 1.82) is 0 Å². The van der Waals surface area contributed by atoms with E-state index in [-0.39, 0.29) is 12.5 Å². The zero-order chi connectivity index (χ0) is 13.0. The molecule has 6 heteroatoms. The first kappa shape index (κ1) is 12.2. The predicted octanol–water partition coefficient (Wildman–Crippen LogP) is 1.14. The van der Waals surface area contributed by atoms with Gasteiger partial charge >= 0.3 is 0 Å². The van der Waals surface area contributed by atoms with E-state index in [1.54, 1.807) is 30.4 Å². The summed E-state index contributed by atoms with van der Waals surface area (Å²) in [6.45, 7) is 2.82. The van der Waals surface area contributed by atoms with Crippen molar-refractivity contribution in [2.24, 2.45) is 0 Å². The number of amides is 1. The quantitative estimate of drug-likeness (QED) is 0.832. The van der Waals surface area contributed by atoms with Crippen LogP contribution in [0.2, 0.25) is 0 Å². The van der Waals surface area contributed by atoms with Crippen LogP contribution in [-0.4, -0.2) is 22.7 Å². The maximum absolute atomic E-state index is 11.2. The molecular weight excluding hydrogens is 232 g/mol. The summed E-state index contributed by atoms with van der Waals surface area (Å²) in [4.78, 5) is 11.2. The second-order valence-electron chi connectivity index (χ2n) is 3.98. The summed E-state index contributed by atoms with van der Waals surface area (Å²) in [7, 11) is 1.60. The Morgan fingerprint density at radius 1 is 1.56 bits per heavy atom. The third kappa shape index (κ3) is 2.91. The molecule has 2 N–H and O–H groups in total. The Balaban J connectivity index is 1.91. The lowest BCUT2D eigenvalue weighted by Crippen LogP contribution is -2.23. The highest BCUT2D eigenvalue weighted by atomic mass is 16.3. The van der Waals surface area contributed by atoms with Crippen LogP contribution in [-0.2, 0) is 17.9 Å². The van der Waals surface area contributed by atoms with Crippen LogP contribution in [0.15, 0.2) is 29.1 Å². The van der Waals surface area contributed by atoms with Crippen LogP contribution in [0, 0.1) is 6.92 Å². The predicted molar refractivity (Wildman–Crippen MR) is 67.1 cm³/mol. The first-order chi connectivity index (χ1) is 8.69. The fourth-order valence-electron chi connectivity index (χ4n) is 1.54. The first-order valence-electron chi connectivity index (χ1n) is 5.69. The van der Waals surface area contributed by atoms with Crippen LogP contribution in [0.4, 0.5) is 5.69 Å². The topological polar surface area (TPSA) is 72.1 Å². The van der Waals surface area contributed by atoms with Gasteiger partial charge in [-0.05, 0) is 18.6 Å². The van der Waals surface area contributed by atoms with E-state index in [1.807, 2.05) is 13.0 Å². The minimum Gasteiger partial charge on any atom is -0.467 e. The third-order valence-electron chi connectivity index (χ3n) is 2.64. The average molecular weight is 248 g/mol. The van der Waals surface area contributed by atoms with Crippen molar-refractivity contribution in [2.45, 2.75) is 20.0 Å². The smallest absolute Gasteiger partial charge is 0.241 e. The lowest BCUT2D eigenvalue weighted by atomic mass is 10.3. The van der Waals surface area contributed by atoms with E-state index in [9.17, 15) is 4.79 Å². The number of furan rings is 1. The molecule has 2 aromatic heterocycles. The number of anilines is 1. The van der Waals surface area contributed by atoms with Crippen molar-refractivity contribution in [3.05, 3.63) is 36.0 Å². The number of rotatable bonds is 5. The van der Waals surface area contributed by atoms with Gasteiger partial charge in [0.05, 0.1) is 24.7 Å². The van der Waals surface area contributed by atoms with E-state index >= 15 is 0 Å². The fraction of sp³-hybridized carbons (Fsp3) is 0.333. The van der Waals surface area contributed by atoms with Crippen molar-refractivity contribution in [2.75, 3.05) is 12.4 Å². The van der Waals surface area contributed by atoms with Crippen LogP contribution in [0.1, 0.15) is 11.3 Å². The molecule has 0 atom stereocenters. The largest absolute Gasteiger partial charge is 0.467 e. The second kappa shape index (κ2) is 5.39. The van der Waals surface area contributed by atoms with Crippen LogP contribution >= 0.6 is 0 Å². The molecule has 0 aliphatic carbocycles. The Bertz CT molecular complexity index is 530. The van der Waals surface area contributed by atoms with Gasteiger partial charge in [-0.15, -0.1) is 0 Å². The summed E-state index contributed by atoms with van der Waals surface area (Å²) < 4.78 is 6.90. The molecule has 0 bridgehead atoms. The molecule has 96 valence electrons. The lowest BCUT2D eigenvalue weighted by molar-refractivity contribution is -0.121. The van der Waals surface area contributed by atoms with E-state index in [4.69, 9.17) is 4.42 Å². The maximum Gasteiger partial charge on any atom is 0.241 e. The van der Waals surface area contributed by atoms with E-state index in [1.165, 1.54) is 0 Å². The Morgan fingerprint density at radius 3 is 3.06 bits per heavy atom. The molecule has 18 heavy (non-hydrogen) atoms. The zero-order valence-electron chi connectivity index (χ0n) is 10.4. The van der Waals surface area contributed by atoms with Crippen molar-refractivity contribution >= 4 is 11.6 Å². The van der Waals surface area contributed by atoms with Gasteiger partial charge in [0.1, 0.15) is 12.3 Å². The molecule has 6 nitrogen and oxygen atoms in total. The van der Waals surface area contributed by atoms with E-state index in [0.29, 0.717) is 6.54 Å². The lowest BCUT2D eigenvalue weighted by Gasteiger charge is -2.01. The zero-order valence-corrected chi connectivity index (χ0v) is 10.4. The molecule has 0 fully saturated rings. The molecule has 0 unspecified atom stereocenters. The van der Waals surface area contributed by atoms with Gasteiger partial charge in [-0.3, -0.25) is 9.48 Å². The van der Waals surface area contributed by atoms with Gasteiger partial charge in [-0.2, -0.15) is 5.10 Å². The van der Waals surface area contributed by atoms with Gasteiger partial charge in [-0.25, -0.2) is 0 Å². The number of hydrogen-bond acceptors (Lipinski definition) is 4. The van der Waals surface area contributed by atoms with Gasteiger partial charge in [0, 0.05) is 13.2 Å². The Hall–Kier alpha value is -2.24. The number of aryl methyl sites for hydroxylation is 1. The van der Waals surface area contributed by atoms with Crippen molar-refractivity contribution in [3.63, 3.8) is 0 Å². The van der Waals surface area contributed by atoms with Crippen LogP contribution < -0.4 is 10.6 Å². The highest BCUT2D eigenvalue weighted by molar-refractivity contribution is 5.75. The van der Waals surface area contributed by atoms with Gasteiger partial charge in [0.2, 0.25) is 5.91 Å². The Morgan fingerprint density at radius 2 is 2.39 bits per heavy atom. The summed E-state index contributed by atoms with van der Waals surface area (Å²) in [5.74, 6) is 0.820. The Kier molecular flexibility index (Phi) is 3.66. The summed E-state index contributed by atoms with van der Waals surface area (Å²) in [6.07, 6.45) is 5.14. The SMILES string of the molecule is CNC(=O)Cn1cc(NCc2occc2C)cn1. The number of aromatic nitrogens is 2. The van der Waals surface area contributed by atoms with Crippen LogP contribution in [0.5, 0.6) is 0 Å². The minimum atomic E-state index is -0.0773. The standard InChI is InChI=1S/C12H16N4O2/c1-9-3-4-18-11(9)6-14-10-5-15-16(7-10)8-12(17)13-2/h3-5,7,14H,6,8H2,1-2H3,(H,13,17). The summed E-state index contributed by atoms with van der Waals surface area (Å²) in [6, 6.07) is 1.92. The number of carbonyl (C=O) groups excluding carboxylic acids is 1. The highest BCUT2D eigenvalue weighted by Crippen LogP contribution is 2.12. The maximum atomic E-state index is 11.2. The van der Waals surface area contributed by atoms with Gasteiger partial charge in [-0.1, -0.05) is 0 Å². The van der Waals surface area contributed by atoms with Crippen LogP contribution in [0.3, 0.4) is 0 Å². The third-order valence-corrected chi connectivity index (χ3v) is 2.64. The molecule has 2 aromatic rings. The molecule has 0 aromatic carbocycles. The monoisotopic (exact) mass is 248 g/mol.